The van der Waals surface area contributed by atoms with Gasteiger partial charge in [0.1, 0.15) is 5.82 Å². The molecule has 0 saturated heterocycles. The summed E-state index contributed by atoms with van der Waals surface area (Å²) in [4.78, 5) is 13.0. The number of aromatic nitrogens is 2. The van der Waals surface area contributed by atoms with Crippen LogP contribution in [0.3, 0.4) is 0 Å². The van der Waals surface area contributed by atoms with Crippen LogP contribution in [0.4, 0.5) is 20.6 Å². The summed E-state index contributed by atoms with van der Waals surface area (Å²) in [5.74, 6) is 1.16. The van der Waals surface area contributed by atoms with Crippen LogP contribution in [0.15, 0.2) is 88.2 Å². The molecule has 30 heavy (non-hydrogen) atoms. The third kappa shape index (κ3) is 5.24. The van der Waals surface area contributed by atoms with Gasteiger partial charge >= 0.3 is 6.03 Å². The predicted octanol–water partition coefficient (Wildman–Crippen LogP) is 5.81. The van der Waals surface area contributed by atoms with E-state index in [1.807, 2.05) is 42.5 Å². The summed E-state index contributed by atoms with van der Waals surface area (Å²) in [7, 11) is 0. The number of halogens is 1. The van der Waals surface area contributed by atoms with Crippen molar-refractivity contribution in [1.29, 1.82) is 0 Å². The Hall–Kier alpha value is -3.65. The van der Waals surface area contributed by atoms with Gasteiger partial charge in [-0.15, -0.1) is 22.0 Å². The van der Waals surface area contributed by atoms with Gasteiger partial charge in [-0.25, -0.2) is 9.18 Å². The Kier molecular flexibility index (Phi) is 6.05. The Bertz CT molecular complexity index is 1130. The van der Waals surface area contributed by atoms with Gasteiger partial charge in [-0.3, -0.25) is 0 Å². The summed E-state index contributed by atoms with van der Waals surface area (Å²) in [6, 6.07) is 22.2. The third-order valence-electron chi connectivity index (χ3n) is 4.04. The number of amides is 2. The number of urea groups is 1. The number of hydrogen-bond acceptors (Lipinski definition) is 5. The van der Waals surface area contributed by atoms with Crippen molar-refractivity contribution in [3.8, 4) is 11.5 Å². The minimum absolute atomic E-state index is 0.383. The van der Waals surface area contributed by atoms with Crippen LogP contribution in [-0.4, -0.2) is 16.2 Å². The van der Waals surface area contributed by atoms with E-state index in [9.17, 15) is 9.18 Å². The molecule has 0 fully saturated rings. The van der Waals surface area contributed by atoms with Crippen LogP contribution in [0.5, 0.6) is 0 Å². The molecule has 0 aliphatic rings. The Labute approximate surface area is 176 Å². The lowest BCUT2D eigenvalue weighted by Crippen LogP contribution is -2.19. The summed E-state index contributed by atoms with van der Waals surface area (Å²) >= 11 is 1.55. The quantitative estimate of drug-likeness (QED) is 0.385. The summed E-state index contributed by atoms with van der Waals surface area (Å²) in [5, 5.41) is 13.5. The van der Waals surface area contributed by atoms with E-state index in [1.54, 1.807) is 30.0 Å². The molecule has 3 aromatic carbocycles. The average molecular weight is 420 g/mol. The second kappa shape index (κ2) is 9.23. The van der Waals surface area contributed by atoms with Gasteiger partial charge in [-0.2, -0.15) is 0 Å². The van der Waals surface area contributed by atoms with Gasteiger partial charge in [0, 0.05) is 21.8 Å². The zero-order valence-electron chi connectivity index (χ0n) is 15.7. The molecule has 0 bridgehead atoms. The molecule has 0 radical (unpaired) electrons. The first-order valence-corrected chi connectivity index (χ1v) is 10.1. The fourth-order valence-corrected chi connectivity index (χ4v) is 3.38. The monoisotopic (exact) mass is 420 g/mol. The van der Waals surface area contributed by atoms with E-state index in [-0.39, 0.29) is 0 Å². The number of benzene rings is 3. The minimum Gasteiger partial charge on any atom is -0.420 e. The Balaban J connectivity index is 1.30. The first kappa shape index (κ1) is 19.7. The molecule has 2 N–H and O–H groups in total. The SMILES string of the molecule is O=C(Nc1ccc(SCc2nnc(-c3ccccc3)o2)cc1)Nc1cccc(F)c1. The van der Waals surface area contributed by atoms with Crippen molar-refractivity contribution in [2.75, 3.05) is 10.6 Å². The normalized spacial score (nSPS) is 10.6. The van der Waals surface area contributed by atoms with E-state index < -0.39 is 11.8 Å². The van der Waals surface area contributed by atoms with E-state index >= 15 is 0 Å². The number of carbonyl (C=O) groups excluding carboxylic acids is 1. The fourth-order valence-electron chi connectivity index (χ4n) is 2.65. The number of thioether (sulfide) groups is 1. The highest BCUT2D eigenvalue weighted by molar-refractivity contribution is 7.98. The highest BCUT2D eigenvalue weighted by atomic mass is 32.2. The molecule has 6 nitrogen and oxygen atoms in total. The van der Waals surface area contributed by atoms with Gasteiger partial charge in [0.05, 0.1) is 5.75 Å². The molecule has 1 aromatic heterocycles. The maximum Gasteiger partial charge on any atom is 0.323 e. The van der Waals surface area contributed by atoms with Gasteiger partial charge in [-0.05, 0) is 54.6 Å². The second-order valence-corrected chi connectivity index (χ2v) is 7.32. The lowest BCUT2D eigenvalue weighted by Gasteiger charge is -2.08. The van der Waals surface area contributed by atoms with Gasteiger partial charge in [0.2, 0.25) is 11.8 Å². The molecule has 2 amide bonds. The van der Waals surface area contributed by atoms with E-state index in [2.05, 4.69) is 20.8 Å². The highest BCUT2D eigenvalue weighted by Gasteiger charge is 2.09. The standard InChI is InChI=1S/C22H17FN4O2S/c23-16-7-4-8-18(13-16)25-22(28)24-17-9-11-19(12-10-17)30-14-20-26-27-21(29-20)15-5-2-1-3-6-15/h1-13H,14H2,(H2,24,25,28). The van der Waals surface area contributed by atoms with Crippen LogP contribution < -0.4 is 10.6 Å². The van der Waals surface area contributed by atoms with Crippen molar-refractivity contribution in [2.24, 2.45) is 0 Å². The molecule has 1 heterocycles. The second-order valence-electron chi connectivity index (χ2n) is 6.27. The number of hydrogen-bond donors (Lipinski definition) is 2. The van der Waals surface area contributed by atoms with Crippen LogP contribution in [0, 0.1) is 5.82 Å². The van der Waals surface area contributed by atoms with Crippen molar-refractivity contribution in [1.82, 2.24) is 10.2 Å². The van der Waals surface area contributed by atoms with E-state index in [4.69, 9.17) is 4.42 Å². The lowest BCUT2D eigenvalue weighted by molar-refractivity contribution is 0.262. The van der Waals surface area contributed by atoms with Crippen LogP contribution in [0.1, 0.15) is 5.89 Å². The topological polar surface area (TPSA) is 80.1 Å². The van der Waals surface area contributed by atoms with Crippen molar-refractivity contribution < 1.29 is 13.6 Å². The summed E-state index contributed by atoms with van der Waals surface area (Å²) < 4.78 is 18.9. The van der Waals surface area contributed by atoms with Gasteiger partial charge in [0.25, 0.3) is 0 Å². The first-order chi connectivity index (χ1) is 14.7. The van der Waals surface area contributed by atoms with Crippen LogP contribution >= 0.6 is 11.8 Å². The smallest absolute Gasteiger partial charge is 0.323 e. The molecule has 0 atom stereocenters. The zero-order valence-corrected chi connectivity index (χ0v) is 16.5. The van der Waals surface area contributed by atoms with Crippen molar-refractivity contribution in [2.45, 2.75) is 10.6 Å². The van der Waals surface area contributed by atoms with Crippen molar-refractivity contribution >= 4 is 29.2 Å². The van der Waals surface area contributed by atoms with Crippen molar-refractivity contribution in [3.63, 3.8) is 0 Å². The average Bonchev–Trinajstić information content (AvgIpc) is 3.23. The fraction of sp³-hybridized carbons (Fsp3) is 0.0455. The molecule has 0 spiro atoms. The third-order valence-corrected chi connectivity index (χ3v) is 5.04. The maximum absolute atomic E-state index is 13.2. The number of nitrogens with one attached hydrogen (secondary N) is 2. The van der Waals surface area contributed by atoms with E-state index in [1.165, 1.54) is 18.2 Å². The van der Waals surface area contributed by atoms with Crippen LogP contribution in [-0.2, 0) is 5.75 Å². The number of anilines is 2. The van der Waals surface area contributed by atoms with E-state index in [0.29, 0.717) is 28.9 Å². The maximum atomic E-state index is 13.2. The number of nitrogens with zero attached hydrogens (tertiary/aromatic N) is 2. The van der Waals surface area contributed by atoms with Gasteiger partial charge in [0.15, 0.2) is 0 Å². The van der Waals surface area contributed by atoms with Crippen molar-refractivity contribution in [3.05, 3.63) is 90.6 Å². The Morgan fingerprint density at radius 3 is 2.43 bits per heavy atom. The largest absolute Gasteiger partial charge is 0.420 e. The van der Waals surface area contributed by atoms with Gasteiger partial charge in [-0.1, -0.05) is 24.3 Å². The molecule has 8 heteroatoms. The predicted molar refractivity (Wildman–Crippen MR) is 115 cm³/mol. The lowest BCUT2D eigenvalue weighted by atomic mass is 10.2. The molecule has 0 aliphatic heterocycles. The Morgan fingerprint density at radius 2 is 1.67 bits per heavy atom. The zero-order chi connectivity index (χ0) is 20.8. The summed E-state index contributed by atoms with van der Waals surface area (Å²) in [6.07, 6.45) is 0. The minimum atomic E-state index is -0.444. The van der Waals surface area contributed by atoms with E-state index in [0.717, 1.165) is 10.5 Å². The molecule has 4 rings (SSSR count). The first-order valence-electron chi connectivity index (χ1n) is 9.10. The van der Waals surface area contributed by atoms with Crippen LogP contribution in [0.25, 0.3) is 11.5 Å². The summed E-state index contributed by atoms with van der Waals surface area (Å²) in [5.41, 5.74) is 1.89. The molecule has 150 valence electrons. The molecule has 0 unspecified atom stereocenters. The number of rotatable bonds is 6. The summed E-state index contributed by atoms with van der Waals surface area (Å²) in [6.45, 7) is 0. The molecular formula is C22H17FN4O2S. The molecule has 4 aromatic rings. The Morgan fingerprint density at radius 1 is 0.900 bits per heavy atom. The van der Waals surface area contributed by atoms with Gasteiger partial charge < -0.3 is 15.1 Å². The molecular weight excluding hydrogens is 403 g/mol. The number of carbonyl (C=O) groups is 1. The highest BCUT2D eigenvalue weighted by Crippen LogP contribution is 2.25. The molecule has 0 saturated carbocycles. The molecule has 0 aliphatic carbocycles. The van der Waals surface area contributed by atoms with Crippen LogP contribution in [0.2, 0.25) is 0 Å².